The minimum absolute atomic E-state index is 0.0798. The Kier molecular flexibility index (Phi) is 9.07. The van der Waals surface area contributed by atoms with Crippen LogP contribution >= 0.6 is 0 Å². The molecule has 27 heavy (non-hydrogen) atoms. The highest BCUT2D eigenvalue weighted by Crippen LogP contribution is 2.30. The van der Waals surface area contributed by atoms with Crippen molar-refractivity contribution in [3.8, 4) is 5.75 Å². The number of nitrogens with two attached hydrogens (primary N) is 1. The normalized spacial score (nSPS) is 15.8. The minimum Gasteiger partial charge on any atom is -0.492 e. The van der Waals surface area contributed by atoms with Crippen molar-refractivity contribution in [3.05, 3.63) is 29.3 Å². The predicted molar refractivity (Wildman–Crippen MR) is 91.4 cm³/mol. The highest BCUT2D eigenvalue weighted by atomic mass is 19.4. The summed E-state index contributed by atoms with van der Waals surface area (Å²) in [6, 6.07) is 6.20. The van der Waals surface area contributed by atoms with Crippen molar-refractivity contribution in [2.75, 3.05) is 19.8 Å². The molecule has 0 fully saturated rings. The van der Waals surface area contributed by atoms with Crippen LogP contribution in [0.25, 0.3) is 0 Å². The van der Waals surface area contributed by atoms with Gasteiger partial charge in [-0.15, -0.1) is 0 Å². The van der Waals surface area contributed by atoms with Gasteiger partial charge in [0.15, 0.2) is 0 Å². The van der Waals surface area contributed by atoms with E-state index in [4.69, 9.17) is 25.1 Å². The van der Waals surface area contributed by atoms with Gasteiger partial charge in [0.2, 0.25) is 0 Å². The quantitative estimate of drug-likeness (QED) is 0.724. The second-order valence-electron chi connectivity index (χ2n) is 5.99. The van der Waals surface area contributed by atoms with E-state index in [1.807, 2.05) is 13.0 Å². The van der Waals surface area contributed by atoms with E-state index in [-0.39, 0.29) is 5.97 Å². The lowest BCUT2D eigenvalue weighted by Crippen LogP contribution is -2.21. The third-order valence-electron chi connectivity index (χ3n) is 3.90. The molecular formula is C18H24F3NO5. The van der Waals surface area contributed by atoms with Crippen LogP contribution in [0.5, 0.6) is 5.75 Å². The maximum atomic E-state index is 11.5. The van der Waals surface area contributed by atoms with Gasteiger partial charge in [-0.2, -0.15) is 13.2 Å². The van der Waals surface area contributed by atoms with Gasteiger partial charge in [0.05, 0.1) is 6.61 Å². The molecule has 0 saturated heterocycles. The summed E-state index contributed by atoms with van der Waals surface area (Å²) in [5.74, 6) is -1.55. The Morgan fingerprint density at radius 3 is 2.52 bits per heavy atom. The van der Waals surface area contributed by atoms with Gasteiger partial charge in [0.25, 0.3) is 0 Å². The number of carbonyl (C=O) groups excluding carboxylic acids is 1. The molecule has 1 atom stereocenters. The molecule has 0 bridgehead atoms. The summed E-state index contributed by atoms with van der Waals surface area (Å²) in [7, 11) is 0. The van der Waals surface area contributed by atoms with Gasteiger partial charge in [-0.05, 0) is 55.4 Å². The number of carbonyl (C=O) groups is 2. The van der Waals surface area contributed by atoms with Crippen LogP contribution in [0.2, 0.25) is 0 Å². The summed E-state index contributed by atoms with van der Waals surface area (Å²) in [4.78, 5) is 20.4. The Morgan fingerprint density at radius 2 is 1.96 bits per heavy atom. The number of ether oxygens (including phenoxy) is 2. The van der Waals surface area contributed by atoms with Crippen molar-refractivity contribution < 1.29 is 37.3 Å². The van der Waals surface area contributed by atoms with Gasteiger partial charge in [0, 0.05) is 13.0 Å². The van der Waals surface area contributed by atoms with Crippen LogP contribution in [0.15, 0.2) is 18.2 Å². The molecule has 0 radical (unpaired) electrons. The first-order valence-electron chi connectivity index (χ1n) is 8.57. The van der Waals surface area contributed by atoms with E-state index in [0.29, 0.717) is 32.1 Å². The standard InChI is InChI=1S/C16H23NO3.C2HF3O2/c1-2-19-16(18)10-12-3-4-14-11-15(20-8-7-17)6-5-13(14)9-12;3-2(4,5)1(6)7/h5-6,11-12H,2-4,7-10,17H2,1H3;(H,6,7). The summed E-state index contributed by atoms with van der Waals surface area (Å²) >= 11 is 0. The van der Waals surface area contributed by atoms with Gasteiger partial charge >= 0.3 is 18.1 Å². The Hall–Kier alpha value is -2.29. The highest BCUT2D eigenvalue weighted by molar-refractivity contribution is 5.73. The third kappa shape index (κ3) is 8.29. The first kappa shape index (κ1) is 22.8. The molecule has 1 aromatic rings. The number of carboxylic acid groups (broad SMARTS) is 1. The van der Waals surface area contributed by atoms with Crippen molar-refractivity contribution in [2.24, 2.45) is 11.7 Å². The lowest BCUT2D eigenvalue weighted by Gasteiger charge is -2.24. The zero-order chi connectivity index (χ0) is 20.4. The number of benzene rings is 1. The molecule has 1 aromatic carbocycles. The zero-order valence-corrected chi connectivity index (χ0v) is 15.1. The Morgan fingerprint density at radius 1 is 1.30 bits per heavy atom. The number of fused-ring (bicyclic) bond motifs is 1. The van der Waals surface area contributed by atoms with Gasteiger partial charge in [-0.3, -0.25) is 4.79 Å². The van der Waals surface area contributed by atoms with Crippen LogP contribution in [0.3, 0.4) is 0 Å². The van der Waals surface area contributed by atoms with Crippen molar-refractivity contribution in [2.45, 2.75) is 38.8 Å². The summed E-state index contributed by atoms with van der Waals surface area (Å²) in [5, 5.41) is 7.12. The average molecular weight is 391 g/mol. The molecule has 1 aliphatic carbocycles. The first-order valence-corrected chi connectivity index (χ1v) is 8.57. The summed E-state index contributed by atoms with van der Waals surface area (Å²) in [5.41, 5.74) is 8.09. The van der Waals surface area contributed by atoms with E-state index in [1.165, 1.54) is 11.1 Å². The molecule has 1 aliphatic rings. The van der Waals surface area contributed by atoms with E-state index < -0.39 is 12.1 Å². The number of rotatable bonds is 6. The molecule has 0 spiro atoms. The van der Waals surface area contributed by atoms with E-state index >= 15 is 0 Å². The van der Waals surface area contributed by atoms with Crippen molar-refractivity contribution in [1.82, 2.24) is 0 Å². The average Bonchev–Trinajstić information content (AvgIpc) is 2.59. The number of carboxylic acids is 1. The van der Waals surface area contributed by atoms with E-state index in [9.17, 15) is 18.0 Å². The molecule has 6 nitrogen and oxygen atoms in total. The van der Waals surface area contributed by atoms with Crippen molar-refractivity contribution in [1.29, 1.82) is 0 Å². The number of aryl methyl sites for hydroxylation is 1. The zero-order valence-electron chi connectivity index (χ0n) is 15.1. The molecule has 9 heteroatoms. The smallest absolute Gasteiger partial charge is 0.490 e. The number of esters is 1. The topological polar surface area (TPSA) is 98.9 Å². The molecule has 1 unspecified atom stereocenters. The minimum atomic E-state index is -5.08. The molecule has 3 N–H and O–H groups in total. The fraction of sp³-hybridized carbons (Fsp3) is 0.556. The molecule has 0 saturated carbocycles. The summed E-state index contributed by atoms with van der Waals surface area (Å²) in [6.45, 7) is 3.38. The van der Waals surface area contributed by atoms with Crippen LogP contribution in [0.1, 0.15) is 30.9 Å². The van der Waals surface area contributed by atoms with Gasteiger partial charge in [-0.25, -0.2) is 4.79 Å². The molecule has 0 aliphatic heterocycles. The lowest BCUT2D eigenvalue weighted by atomic mass is 9.82. The van der Waals surface area contributed by atoms with Gasteiger partial charge < -0.3 is 20.3 Å². The number of hydrogen-bond acceptors (Lipinski definition) is 5. The highest BCUT2D eigenvalue weighted by Gasteiger charge is 2.38. The maximum absolute atomic E-state index is 11.5. The number of alkyl halides is 3. The lowest BCUT2D eigenvalue weighted by molar-refractivity contribution is -0.192. The molecular weight excluding hydrogens is 367 g/mol. The molecule has 152 valence electrons. The number of hydrogen-bond donors (Lipinski definition) is 2. The third-order valence-corrected chi connectivity index (χ3v) is 3.90. The monoisotopic (exact) mass is 391 g/mol. The first-order chi connectivity index (χ1) is 12.7. The SMILES string of the molecule is CCOC(=O)CC1CCc2cc(OCCN)ccc2C1.O=C(O)C(F)(F)F. The fourth-order valence-corrected chi connectivity index (χ4v) is 2.70. The van der Waals surface area contributed by atoms with Crippen LogP contribution in [0, 0.1) is 5.92 Å². The van der Waals surface area contributed by atoms with Crippen molar-refractivity contribution >= 4 is 11.9 Å². The molecule has 0 aromatic heterocycles. The maximum Gasteiger partial charge on any atom is 0.490 e. The molecule has 2 rings (SSSR count). The number of halogens is 3. The van der Waals surface area contributed by atoms with Crippen LogP contribution in [-0.4, -0.2) is 43.0 Å². The van der Waals surface area contributed by atoms with Crippen LogP contribution in [-0.2, 0) is 27.2 Å². The van der Waals surface area contributed by atoms with Crippen LogP contribution in [0.4, 0.5) is 13.2 Å². The number of aliphatic carboxylic acids is 1. The fourth-order valence-electron chi connectivity index (χ4n) is 2.70. The Labute approximate surface area is 155 Å². The van der Waals surface area contributed by atoms with Crippen molar-refractivity contribution in [3.63, 3.8) is 0 Å². The summed E-state index contributed by atoms with van der Waals surface area (Å²) < 4.78 is 42.3. The van der Waals surface area contributed by atoms with E-state index in [0.717, 1.165) is 25.0 Å². The van der Waals surface area contributed by atoms with Gasteiger partial charge in [0.1, 0.15) is 12.4 Å². The Bertz CT molecular complexity index is 634. The summed E-state index contributed by atoms with van der Waals surface area (Å²) in [6.07, 6.45) is -1.57. The Balaban J connectivity index is 0.000000445. The molecule has 0 amide bonds. The van der Waals surface area contributed by atoms with Gasteiger partial charge in [-0.1, -0.05) is 6.07 Å². The van der Waals surface area contributed by atoms with E-state index in [2.05, 4.69) is 12.1 Å². The largest absolute Gasteiger partial charge is 0.492 e. The van der Waals surface area contributed by atoms with Crippen LogP contribution < -0.4 is 10.5 Å². The second-order valence-corrected chi connectivity index (χ2v) is 5.99. The van der Waals surface area contributed by atoms with E-state index in [1.54, 1.807) is 0 Å². The molecule has 0 heterocycles. The predicted octanol–water partition coefficient (Wildman–Crippen LogP) is 2.72. The second kappa shape index (κ2) is 10.8.